The van der Waals surface area contributed by atoms with Gasteiger partial charge in [-0.25, -0.2) is 0 Å². The van der Waals surface area contributed by atoms with E-state index in [9.17, 15) is 9.90 Å². The van der Waals surface area contributed by atoms with Crippen LogP contribution in [0.4, 0.5) is 5.69 Å². The van der Waals surface area contributed by atoms with Gasteiger partial charge in [0.1, 0.15) is 11.4 Å². The van der Waals surface area contributed by atoms with E-state index in [4.69, 9.17) is 0 Å². The number of Topliss-reactive ketones (excluding diaryl/α,β-unsaturated/α-hetero) is 1. The number of allylic oxidation sites excluding steroid dienone is 1. The second kappa shape index (κ2) is 6.05. The molecule has 1 N–H and O–H groups in total. The summed E-state index contributed by atoms with van der Waals surface area (Å²) < 4.78 is 0.553. The summed E-state index contributed by atoms with van der Waals surface area (Å²) in [4.78, 5) is 13.3. The molecule has 0 saturated heterocycles. The summed E-state index contributed by atoms with van der Waals surface area (Å²) in [6, 6.07) is 22.5. The molecule has 0 fully saturated rings. The first-order valence-corrected chi connectivity index (χ1v) is 9.84. The molecule has 140 valence electrons. The minimum atomic E-state index is -0.162. The van der Waals surface area contributed by atoms with Crippen LogP contribution >= 0.6 is 0 Å². The molecule has 0 spiro atoms. The highest BCUT2D eigenvalue weighted by atomic mass is 16.3. The zero-order valence-electron chi connectivity index (χ0n) is 16.2. The van der Waals surface area contributed by atoms with Crippen molar-refractivity contribution in [3.8, 4) is 0 Å². The van der Waals surface area contributed by atoms with Crippen LogP contribution in [0, 0.1) is 0 Å². The van der Waals surface area contributed by atoms with E-state index in [0.29, 0.717) is 22.9 Å². The highest BCUT2D eigenvalue weighted by Gasteiger charge is 2.48. The Balaban J connectivity index is 1.64. The molecular weight excluding hydrogens is 346 g/mol. The maximum atomic E-state index is 13.3. The summed E-state index contributed by atoms with van der Waals surface area (Å²) in [6.45, 7) is 0. The molecule has 0 amide bonds. The molecule has 0 aromatic heterocycles. The standard InChI is InChI=1S/C25H23NO2/c1-26(2)20-13-7-11-17-10-6-12-19(23(17)20)25(26)24-21(27)14-18(15-22(24)28)16-8-4-3-5-9-16/h3-13,18,25H,14-15H2,1-2H3/p+1/t25-/m0/s1. The fourth-order valence-corrected chi connectivity index (χ4v) is 5.20. The predicted molar refractivity (Wildman–Crippen MR) is 113 cm³/mol. The Kier molecular flexibility index (Phi) is 3.72. The highest BCUT2D eigenvalue weighted by Crippen LogP contribution is 2.52. The number of aliphatic hydroxyl groups is 1. The van der Waals surface area contributed by atoms with Gasteiger partial charge in [-0.1, -0.05) is 60.7 Å². The Morgan fingerprint density at radius 2 is 1.61 bits per heavy atom. The maximum absolute atomic E-state index is 13.3. The molecule has 3 nitrogen and oxygen atoms in total. The van der Waals surface area contributed by atoms with Gasteiger partial charge in [-0.2, -0.15) is 0 Å². The molecule has 0 radical (unpaired) electrons. The molecule has 2 atom stereocenters. The normalized spacial score (nSPS) is 23.4. The zero-order valence-corrected chi connectivity index (χ0v) is 16.2. The molecular formula is C25H24NO2+. The van der Waals surface area contributed by atoms with Gasteiger partial charge in [0.25, 0.3) is 0 Å². The average Bonchev–Trinajstić information content (AvgIpc) is 2.92. The summed E-state index contributed by atoms with van der Waals surface area (Å²) in [5.41, 5.74) is 4.07. The Labute approximate surface area is 165 Å². The zero-order chi connectivity index (χ0) is 19.5. The van der Waals surface area contributed by atoms with Crippen LogP contribution in [-0.2, 0) is 4.79 Å². The van der Waals surface area contributed by atoms with Crippen molar-refractivity contribution in [2.24, 2.45) is 0 Å². The quantitative estimate of drug-likeness (QED) is 0.612. The van der Waals surface area contributed by atoms with E-state index in [1.54, 1.807) is 0 Å². The van der Waals surface area contributed by atoms with Crippen LogP contribution < -0.4 is 4.48 Å². The maximum Gasteiger partial charge on any atom is 0.169 e. The van der Waals surface area contributed by atoms with Crippen LogP contribution in [-0.4, -0.2) is 25.0 Å². The summed E-state index contributed by atoms with van der Waals surface area (Å²) in [5.74, 6) is 0.373. The molecule has 5 rings (SSSR count). The van der Waals surface area contributed by atoms with Crippen LogP contribution in [0.5, 0.6) is 0 Å². The van der Waals surface area contributed by atoms with Crippen LogP contribution in [0.1, 0.15) is 35.9 Å². The van der Waals surface area contributed by atoms with Gasteiger partial charge in [0.15, 0.2) is 11.8 Å². The van der Waals surface area contributed by atoms with Gasteiger partial charge in [-0.3, -0.25) is 9.28 Å². The number of aliphatic hydroxyl groups excluding tert-OH is 1. The number of carbonyl (C=O) groups excluding carboxylic acids is 1. The molecule has 3 aromatic rings. The van der Waals surface area contributed by atoms with Crippen LogP contribution in [0.2, 0.25) is 0 Å². The largest absolute Gasteiger partial charge is 0.512 e. The Hall–Kier alpha value is -2.91. The Morgan fingerprint density at radius 1 is 0.893 bits per heavy atom. The minimum Gasteiger partial charge on any atom is -0.512 e. The van der Waals surface area contributed by atoms with Crippen molar-refractivity contribution in [3.63, 3.8) is 0 Å². The fraction of sp³-hybridized carbons (Fsp3) is 0.240. The number of nitrogens with zero attached hydrogens (tertiary/aromatic N) is 1. The second-order valence-electron chi connectivity index (χ2n) is 8.46. The number of ketones is 1. The van der Waals surface area contributed by atoms with Gasteiger partial charge in [0, 0.05) is 18.4 Å². The third kappa shape index (κ3) is 2.36. The van der Waals surface area contributed by atoms with Crippen molar-refractivity contribution >= 4 is 22.2 Å². The number of rotatable bonds is 2. The molecule has 2 aliphatic rings. The summed E-state index contributed by atoms with van der Waals surface area (Å²) in [7, 11) is 4.27. The smallest absolute Gasteiger partial charge is 0.169 e. The van der Waals surface area contributed by atoms with Crippen LogP contribution in [0.25, 0.3) is 10.8 Å². The van der Waals surface area contributed by atoms with Crippen LogP contribution in [0.3, 0.4) is 0 Å². The average molecular weight is 370 g/mol. The molecule has 1 heterocycles. The molecule has 0 saturated carbocycles. The lowest BCUT2D eigenvalue weighted by molar-refractivity contribution is -0.117. The predicted octanol–water partition coefficient (Wildman–Crippen LogP) is 5.42. The van der Waals surface area contributed by atoms with Crippen molar-refractivity contribution in [1.82, 2.24) is 4.48 Å². The molecule has 3 aromatic carbocycles. The molecule has 0 bridgehead atoms. The van der Waals surface area contributed by atoms with Gasteiger partial charge in [-0.15, -0.1) is 0 Å². The van der Waals surface area contributed by atoms with Gasteiger partial charge in [0.2, 0.25) is 0 Å². The summed E-state index contributed by atoms with van der Waals surface area (Å²) in [5, 5.41) is 13.5. The minimum absolute atomic E-state index is 0.0487. The number of likely N-dealkylation sites (N-methyl/N-ethyl adjacent to an activating group) is 1. The lowest BCUT2D eigenvalue weighted by Crippen LogP contribution is -2.44. The number of quaternary nitrogens is 1. The lowest BCUT2D eigenvalue weighted by atomic mass is 9.79. The Morgan fingerprint density at radius 3 is 2.32 bits per heavy atom. The first-order valence-electron chi connectivity index (χ1n) is 9.84. The van der Waals surface area contributed by atoms with E-state index in [1.807, 2.05) is 30.3 Å². The van der Waals surface area contributed by atoms with Crippen molar-refractivity contribution in [2.75, 3.05) is 14.1 Å². The van der Waals surface area contributed by atoms with Gasteiger partial charge < -0.3 is 5.11 Å². The van der Waals surface area contributed by atoms with Crippen molar-refractivity contribution in [1.29, 1.82) is 0 Å². The Bertz CT molecular complexity index is 1120. The van der Waals surface area contributed by atoms with E-state index >= 15 is 0 Å². The third-order valence-electron chi connectivity index (χ3n) is 6.50. The SMILES string of the molecule is C[N+]1(C)c2cccc3cccc(c23)[C@H]1C1=C(O)CC(c2ccccc2)CC1=O. The van der Waals surface area contributed by atoms with E-state index < -0.39 is 0 Å². The van der Waals surface area contributed by atoms with E-state index in [2.05, 4.69) is 50.5 Å². The van der Waals surface area contributed by atoms with Gasteiger partial charge in [-0.05, 0) is 22.9 Å². The van der Waals surface area contributed by atoms with E-state index in [-0.39, 0.29) is 23.5 Å². The lowest BCUT2D eigenvalue weighted by Gasteiger charge is -2.36. The first kappa shape index (κ1) is 17.2. The van der Waals surface area contributed by atoms with Gasteiger partial charge >= 0.3 is 0 Å². The topological polar surface area (TPSA) is 37.3 Å². The number of benzene rings is 3. The van der Waals surface area contributed by atoms with Crippen LogP contribution in [0.15, 0.2) is 78.1 Å². The molecule has 3 heteroatoms. The number of hydrogen-bond acceptors (Lipinski definition) is 2. The van der Waals surface area contributed by atoms with Gasteiger partial charge in [0.05, 0.1) is 25.1 Å². The van der Waals surface area contributed by atoms with Crippen molar-refractivity contribution in [3.05, 3.63) is 89.2 Å². The monoisotopic (exact) mass is 370 g/mol. The fourth-order valence-electron chi connectivity index (χ4n) is 5.20. The third-order valence-corrected chi connectivity index (χ3v) is 6.50. The summed E-state index contributed by atoms with van der Waals surface area (Å²) >= 11 is 0. The molecule has 28 heavy (non-hydrogen) atoms. The second-order valence-corrected chi connectivity index (χ2v) is 8.46. The highest BCUT2D eigenvalue weighted by molar-refractivity contribution is 6.05. The van der Waals surface area contributed by atoms with E-state index in [0.717, 1.165) is 11.1 Å². The number of hydrogen-bond donors (Lipinski definition) is 1. The van der Waals surface area contributed by atoms with E-state index in [1.165, 1.54) is 16.5 Å². The molecule has 1 aliphatic carbocycles. The summed E-state index contributed by atoms with van der Waals surface area (Å²) in [6.07, 6.45) is 0.972. The van der Waals surface area contributed by atoms with Crippen molar-refractivity contribution < 1.29 is 9.90 Å². The van der Waals surface area contributed by atoms with Crippen molar-refractivity contribution in [2.45, 2.75) is 24.8 Å². The molecule has 1 aliphatic heterocycles. The number of carbonyl (C=O) groups is 1. The first-order chi connectivity index (χ1) is 13.5. The molecule has 1 unspecified atom stereocenters.